The minimum Gasteiger partial charge on any atom is -0.391 e. The van der Waals surface area contributed by atoms with Crippen molar-refractivity contribution < 1.29 is 5.11 Å². The van der Waals surface area contributed by atoms with Crippen LogP contribution in [0.15, 0.2) is 0 Å². The van der Waals surface area contributed by atoms with Crippen LogP contribution < -0.4 is 4.90 Å². The molecule has 114 valence electrons. The van der Waals surface area contributed by atoms with Gasteiger partial charge in [0.25, 0.3) is 0 Å². The number of thiazole rings is 1. The van der Waals surface area contributed by atoms with Gasteiger partial charge in [0, 0.05) is 13.1 Å². The Labute approximate surface area is 127 Å². The highest BCUT2D eigenvalue weighted by atomic mass is 32.1. The first-order valence-corrected chi connectivity index (χ1v) is 8.86. The van der Waals surface area contributed by atoms with Crippen molar-refractivity contribution in [2.45, 2.75) is 65.4 Å². The number of anilines is 1. The summed E-state index contributed by atoms with van der Waals surface area (Å²) >= 11 is 1.69. The molecule has 1 aromatic heterocycles. The Balaban J connectivity index is 2.05. The lowest BCUT2D eigenvalue weighted by Gasteiger charge is -2.31. The normalized spacial score (nSPS) is 18.5. The first-order chi connectivity index (χ1) is 9.69. The quantitative estimate of drug-likeness (QED) is 0.856. The van der Waals surface area contributed by atoms with E-state index in [0.717, 1.165) is 41.1 Å². The molecule has 1 saturated heterocycles. The summed E-state index contributed by atoms with van der Waals surface area (Å²) in [5.74, 6) is 1.35. The summed E-state index contributed by atoms with van der Waals surface area (Å²) in [4.78, 5) is 8.31. The summed E-state index contributed by atoms with van der Waals surface area (Å²) in [6.07, 6.45) is 6.33. The Morgan fingerprint density at radius 1 is 1.35 bits per heavy atom. The summed E-state index contributed by atoms with van der Waals surface area (Å²) in [7, 11) is 0. The van der Waals surface area contributed by atoms with E-state index in [1.807, 2.05) is 0 Å². The molecule has 1 unspecified atom stereocenters. The van der Waals surface area contributed by atoms with Crippen molar-refractivity contribution in [3.05, 3.63) is 10.6 Å². The molecule has 2 heterocycles. The molecule has 0 radical (unpaired) electrons. The van der Waals surface area contributed by atoms with Crippen LogP contribution in [0.1, 0.15) is 69.4 Å². The molecular formula is C16H28N2OS. The van der Waals surface area contributed by atoms with E-state index in [0.29, 0.717) is 5.92 Å². The highest BCUT2D eigenvalue weighted by Gasteiger charge is 2.23. The standard InChI is InChI=1S/C16H28N2OS/c1-4-6-13-7-9-18(10-8-13)16-17-15(12(3)5-2)14(11-19)20-16/h12-13,19H,4-11H2,1-3H3. The van der Waals surface area contributed by atoms with Crippen LogP contribution in [0.25, 0.3) is 0 Å². The largest absolute Gasteiger partial charge is 0.391 e. The van der Waals surface area contributed by atoms with Gasteiger partial charge in [-0.2, -0.15) is 0 Å². The first kappa shape index (κ1) is 15.8. The van der Waals surface area contributed by atoms with Crippen LogP contribution in [0, 0.1) is 5.92 Å². The van der Waals surface area contributed by atoms with E-state index in [9.17, 15) is 5.11 Å². The Kier molecular flexibility index (Phi) is 5.85. The van der Waals surface area contributed by atoms with Gasteiger partial charge < -0.3 is 10.0 Å². The molecule has 0 aromatic carbocycles. The van der Waals surface area contributed by atoms with Crippen LogP contribution in [0.3, 0.4) is 0 Å². The molecule has 0 saturated carbocycles. The minimum absolute atomic E-state index is 0.129. The van der Waals surface area contributed by atoms with Gasteiger partial charge in [-0.1, -0.05) is 44.9 Å². The van der Waals surface area contributed by atoms with Gasteiger partial charge in [-0.25, -0.2) is 4.98 Å². The van der Waals surface area contributed by atoms with Crippen LogP contribution in [-0.4, -0.2) is 23.2 Å². The Hall–Kier alpha value is -0.610. The number of hydrogen-bond donors (Lipinski definition) is 1. The van der Waals surface area contributed by atoms with E-state index in [-0.39, 0.29) is 6.61 Å². The molecule has 4 heteroatoms. The van der Waals surface area contributed by atoms with E-state index < -0.39 is 0 Å². The van der Waals surface area contributed by atoms with Gasteiger partial charge in [-0.15, -0.1) is 0 Å². The molecule has 0 spiro atoms. The van der Waals surface area contributed by atoms with Crippen LogP contribution >= 0.6 is 11.3 Å². The third-order valence-corrected chi connectivity index (χ3v) is 5.64. The summed E-state index contributed by atoms with van der Waals surface area (Å²) in [6.45, 7) is 9.04. The highest BCUT2D eigenvalue weighted by molar-refractivity contribution is 7.15. The topological polar surface area (TPSA) is 36.4 Å². The zero-order valence-corrected chi connectivity index (χ0v) is 13.9. The van der Waals surface area contributed by atoms with Crippen molar-refractivity contribution in [1.29, 1.82) is 0 Å². The van der Waals surface area contributed by atoms with Crippen LogP contribution in [0.2, 0.25) is 0 Å². The first-order valence-electron chi connectivity index (χ1n) is 8.04. The molecule has 2 rings (SSSR count). The number of rotatable bonds is 6. The second-order valence-electron chi connectivity index (χ2n) is 5.99. The summed E-state index contributed by atoms with van der Waals surface area (Å²) < 4.78 is 0. The van der Waals surface area contributed by atoms with Crippen molar-refractivity contribution in [3.8, 4) is 0 Å². The SMILES string of the molecule is CCCC1CCN(c2nc(C(C)CC)c(CO)s2)CC1. The average Bonchev–Trinajstić information content (AvgIpc) is 2.92. The second-order valence-corrected chi connectivity index (χ2v) is 7.05. The lowest BCUT2D eigenvalue weighted by molar-refractivity contribution is 0.283. The zero-order valence-electron chi connectivity index (χ0n) is 13.1. The van der Waals surface area contributed by atoms with Crippen molar-refractivity contribution >= 4 is 16.5 Å². The Morgan fingerprint density at radius 2 is 2.05 bits per heavy atom. The maximum Gasteiger partial charge on any atom is 0.185 e. The maximum atomic E-state index is 9.54. The molecule has 1 aliphatic heterocycles. The maximum absolute atomic E-state index is 9.54. The summed E-state index contributed by atoms with van der Waals surface area (Å²) in [6, 6.07) is 0. The number of aliphatic hydroxyl groups is 1. The average molecular weight is 296 g/mol. The van der Waals surface area contributed by atoms with Crippen molar-refractivity contribution in [2.24, 2.45) is 5.92 Å². The molecule has 0 bridgehead atoms. The van der Waals surface area contributed by atoms with Gasteiger partial charge in [0.1, 0.15) is 0 Å². The predicted molar refractivity (Wildman–Crippen MR) is 86.6 cm³/mol. The second kappa shape index (κ2) is 7.41. The van der Waals surface area contributed by atoms with Gasteiger partial charge >= 0.3 is 0 Å². The predicted octanol–water partition coefficient (Wildman–Crippen LogP) is 4.17. The monoisotopic (exact) mass is 296 g/mol. The number of hydrogen-bond acceptors (Lipinski definition) is 4. The molecule has 1 N–H and O–H groups in total. The van der Waals surface area contributed by atoms with Crippen molar-refractivity contribution in [3.63, 3.8) is 0 Å². The van der Waals surface area contributed by atoms with E-state index >= 15 is 0 Å². The molecule has 1 fully saturated rings. The molecule has 1 aliphatic rings. The van der Waals surface area contributed by atoms with Crippen LogP contribution in [0.5, 0.6) is 0 Å². The lowest BCUT2D eigenvalue weighted by Crippen LogP contribution is -2.33. The highest BCUT2D eigenvalue weighted by Crippen LogP contribution is 2.34. The van der Waals surface area contributed by atoms with Crippen LogP contribution in [0.4, 0.5) is 5.13 Å². The zero-order chi connectivity index (χ0) is 14.5. The van der Waals surface area contributed by atoms with Gasteiger partial charge in [0.2, 0.25) is 0 Å². The fraction of sp³-hybridized carbons (Fsp3) is 0.812. The molecule has 0 aliphatic carbocycles. The van der Waals surface area contributed by atoms with Gasteiger partial charge in [-0.05, 0) is 31.1 Å². The van der Waals surface area contributed by atoms with E-state index in [2.05, 4.69) is 25.7 Å². The molecular weight excluding hydrogens is 268 g/mol. The summed E-state index contributed by atoms with van der Waals surface area (Å²) in [5, 5.41) is 10.7. The van der Waals surface area contributed by atoms with Crippen LogP contribution in [-0.2, 0) is 6.61 Å². The summed E-state index contributed by atoms with van der Waals surface area (Å²) in [5.41, 5.74) is 1.12. The lowest BCUT2D eigenvalue weighted by atomic mass is 9.93. The fourth-order valence-corrected chi connectivity index (χ4v) is 4.09. The minimum atomic E-state index is 0.129. The molecule has 3 nitrogen and oxygen atoms in total. The number of piperidine rings is 1. The third kappa shape index (κ3) is 3.53. The van der Waals surface area contributed by atoms with Crippen molar-refractivity contribution in [2.75, 3.05) is 18.0 Å². The van der Waals surface area contributed by atoms with Gasteiger partial charge in [-0.3, -0.25) is 0 Å². The van der Waals surface area contributed by atoms with Gasteiger partial charge in [0.05, 0.1) is 17.2 Å². The Morgan fingerprint density at radius 3 is 2.60 bits per heavy atom. The molecule has 0 amide bonds. The Bertz CT molecular complexity index is 411. The van der Waals surface area contributed by atoms with E-state index in [4.69, 9.17) is 4.98 Å². The van der Waals surface area contributed by atoms with Crippen molar-refractivity contribution in [1.82, 2.24) is 4.98 Å². The van der Waals surface area contributed by atoms with E-state index in [1.165, 1.54) is 25.7 Å². The smallest absolute Gasteiger partial charge is 0.185 e. The number of aromatic nitrogens is 1. The molecule has 20 heavy (non-hydrogen) atoms. The van der Waals surface area contributed by atoms with E-state index in [1.54, 1.807) is 11.3 Å². The number of aliphatic hydroxyl groups excluding tert-OH is 1. The number of nitrogens with zero attached hydrogens (tertiary/aromatic N) is 2. The molecule has 1 aromatic rings. The van der Waals surface area contributed by atoms with Gasteiger partial charge in [0.15, 0.2) is 5.13 Å². The molecule has 1 atom stereocenters. The third-order valence-electron chi connectivity index (χ3n) is 4.52. The fourth-order valence-electron chi connectivity index (χ4n) is 3.00.